The quantitative estimate of drug-likeness (QED) is 0.335. The van der Waals surface area contributed by atoms with E-state index in [4.69, 9.17) is 4.74 Å². The number of sulfonamides is 1. The first-order valence-corrected chi connectivity index (χ1v) is 14.4. The van der Waals surface area contributed by atoms with Gasteiger partial charge in [-0.05, 0) is 87.0 Å². The minimum Gasteiger partial charge on any atom is -0.497 e. The van der Waals surface area contributed by atoms with Crippen LogP contribution in [0.3, 0.4) is 0 Å². The summed E-state index contributed by atoms with van der Waals surface area (Å²) in [5, 5.41) is 2.81. The molecular weight excluding hydrogens is 589 g/mol. The number of amides is 2. The summed E-state index contributed by atoms with van der Waals surface area (Å²) >= 11 is 3.38. The van der Waals surface area contributed by atoms with Gasteiger partial charge in [-0.3, -0.25) is 13.9 Å². The summed E-state index contributed by atoms with van der Waals surface area (Å²) in [4.78, 5) is 28.0. The highest BCUT2D eigenvalue weighted by atomic mass is 79.9. The van der Waals surface area contributed by atoms with Crippen LogP contribution in [0.5, 0.6) is 5.75 Å². The van der Waals surface area contributed by atoms with Crippen LogP contribution in [0.15, 0.2) is 82.2 Å². The third-order valence-corrected chi connectivity index (χ3v) is 8.22. The number of ether oxygens (including phenoxy) is 1. The van der Waals surface area contributed by atoms with Crippen LogP contribution in [-0.2, 0) is 26.2 Å². The third kappa shape index (κ3) is 7.79. The maximum absolute atomic E-state index is 13.8. The van der Waals surface area contributed by atoms with Crippen LogP contribution in [-0.4, -0.2) is 50.9 Å². The SMILES string of the molecule is COc1ccc(S(=O)(=O)N(CC(=O)N(Cc2ccc(Br)cc2)[C@H](C)C(=O)NC(C)C)c2ccc(F)cc2)cc1. The van der Waals surface area contributed by atoms with Crippen molar-refractivity contribution in [1.29, 1.82) is 0 Å². The Morgan fingerprint density at radius 2 is 1.54 bits per heavy atom. The molecule has 0 spiro atoms. The fraction of sp³-hybridized carbons (Fsp3) is 0.286. The van der Waals surface area contributed by atoms with E-state index in [1.807, 2.05) is 38.1 Å². The Balaban J connectivity index is 2.02. The lowest BCUT2D eigenvalue weighted by molar-refractivity contribution is -0.139. The number of hydrogen-bond acceptors (Lipinski definition) is 5. The number of nitrogens with one attached hydrogen (secondary N) is 1. The number of carbonyl (C=O) groups is 2. The number of halogens is 2. The van der Waals surface area contributed by atoms with Gasteiger partial charge in [0.15, 0.2) is 0 Å². The third-order valence-electron chi connectivity index (χ3n) is 5.91. The standard InChI is InChI=1S/C28H31BrFN3O5S/c1-19(2)31-28(35)20(3)32(17-21-5-7-22(29)8-6-21)27(34)18-33(24-11-9-23(30)10-12-24)39(36,37)26-15-13-25(38-4)14-16-26/h5-16,19-20H,17-18H2,1-4H3,(H,31,35)/t20-/m1/s1. The molecule has 0 fully saturated rings. The van der Waals surface area contributed by atoms with E-state index in [-0.39, 0.29) is 29.1 Å². The molecule has 0 aliphatic carbocycles. The van der Waals surface area contributed by atoms with Gasteiger partial charge in [0.05, 0.1) is 17.7 Å². The van der Waals surface area contributed by atoms with Gasteiger partial charge in [0.1, 0.15) is 24.2 Å². The summed E-state index contributed by atoms with van der Waals surface area (Å²) in [6.45, 7) is 4.66. The highest BCUT2D eigenvalue weighted by molar-refractivity contribution is 9.10. The van der Waals surface area contributed by atoms with E-state index in [0.29, 0.717) is 5.75 Å². The van der Waals surface area contributed by atoms with Crippen molar-refractivity contribution < 1.29 is 27.1 Å². The van der Waals surface area contributed by atoms with E-state index in [1.165, 1.54) is 48.4 Å². The Kier molecular flexibility index (Phi) is 10.1. The van der Waals surface area contributed by atoms with Gasteiger partial charge in [-0.15, -0.1) is 0 Å². The maximum Gasteiger partial charge on any atom is 0.264 e. The van der Waals surface area contributed by atoms with Gasteiger partial charge in [0, 0.05) is 17.1 Å². The molecule has 3 aromatic carbocycles. The normalized spacial score (nSPS) is 12.1. The molecule has 0 saturated carbocycles. The summed E-state index contributed by atoms with van der Waals surface area (Å²) in [5.41, 5.74) is 0.852. The predicted octanol–water partition coefficient (Wildman–Crippen LogP) is 4.73. The van der Waals surface area contributed by atoms with Crippen LogP contribution in [0.1, 0.15) is 26.3 Å². The monoisotopic (exact) mass is 619 g/mol. The molecule has 0 aromatic heterocycles. The number of nitrogens with zero attached hydrogens (tertiary/aromatic N) is 2. The van der Waals surface area contributed by atoms with Crippen molar-refractivity contribution in [3.8, 4) is 5.75 Å². The number of rotatable bonds is 11. The van der Waals surface area contributed by atoms with Crippen molar-refractivity contribution in [3.63, 3.8) is 0 Å². The second-order valence-corrected chi connectivity index (χ2v) is 11.9. The molecule has 1 atom stereocenters. The van der Waals surface area contributed by atoms with Gasteiger partial charge >= 0.3 is 0 Å². The van der Waals surface area contributed by atoms with Crippen LogP contribution in [0.25, 0.3) is 0 Å². The molecule has 0 aliphatic rings. The van der Waals surface area contributed by atoms with Crippen LogP contribution in [0.4, 0.5) is 10.1 Å². The zero-order chi connectivity index (χ0) is 28.7. The van der Waals surface area contributed by atoms with E-state index in [9.17, 15) is 22.4 Å². The number of benzene rings is 3. The zero-order valence-electron chi connectivity index (χ0n) is 22.1. The Morgan fingerprint density at radius 1 is 0.949 bits per heavy atom. The number of anilines is 1. The minimum absolute atomic E-state index is 0.0681. The average molecular weight is 621 g/mol. The fourth-order valence-corrected chi connectivity index (χ4v) is 5.46. The lowest BCUT2D eigenvalue weighted by atomic mass is 10.1. The Hall–Kier alpha value is -3.44. The molecule has 8 nitrogen and oxygen atoms in total. The molecule has 0 heterocycles. The number of carbonyl (C=O) groups excluding carboxylic acids is 2. The van der Waals surface area contributed by atoms with Crippen molar-refractivity contribution in [2.45, 2.75) is 44.3 Å². The van der Waals surface area contributed by atoms with Crippen molar-refractivity contribution in [2.24, 2.45) is 0 Å². The molecule has 1 N–H and O–H groups in total. The molecule has 3 aromatic rings. The lowest BCUT2D eigenvalue weighted by Gasteiger charge is -2.32. The number of hydrogen-bond donors (Lipinski definition) is 1. The predicted molar refractivity (Wildman–Crippen MR) is 151 cm³/mol. The average Bonchev–Trinajstić information content (AvgIpc) is 2.91. The molecule has 0 saturated heterocycles. The van der Waals surface area contributed by atoms with Crippen LogP contribution in [0.2, 0.25) is 0 Å². The van der Waals surface area contributed by atoms with E-state index in [0.717, 1.165) is 26.5 Å². The zero-order valence-corrected chi connectivity index (χ0v) is 24.5. The molecule has 11 heteroatoms. The Bertz CT molecular complexity index is 1380. The summed E-state index contributed by atoms with van der Waals surface area (Å²) in [6.07, 6.45) is 0. The Morgan fingerprint density at radius 3 is 2.08 bits per heavy atom. The van der Waals surface area contributed by atoms with Crippen LogP contribution < -0.4 is 14.4 Å². The van der Waals surface area contributed by atoms with Crippen molar-refractivity contribution in [3.05, 3.63) is 88.6 Å². The summed E-state index contributed by atoms with van der Waals surface area (Å²) in [5.74, 6) is -1.07. The van der Waals surface area contributed by atoms with E-state index < -0.39 is 34.3 Å². The lowest BCUT2D eigenvalue weighted by Crippen LogP contribution is -2.52. The topological polar surface area (TPSA) is 96.0 Å². The molecular formula is C28H31BrFN3O5S. The second kappa shape index (κ2) is 13.1. The van der Waals surface area contributed by atoms with Crippen LogP contribution in [0, 0.1) is 5.82 Å². The largest absolute Gasteiger partial charge is 0.497 e. The van der Waals surface area contributed by atoms with E-state index in [1.54, 1.807) is 6.92 Å². The smallest absolute Gasteiger partial charge is 0.264 e. The Labute approximate surface area is 236 Å². The van der Waals surface area contributed by atoms with Crippen LogP contribution >= 0.6 is 15.9 Å². The summed E-state index contributed by atoms with van der Waals surface area (Å²) < 4.78 is 48.1. The maximum atomic E-state index is 13.8. The molecule has 39 heavy (non-hydrogen) atoms. The molecule has 0 bridgehead atoms. The summed E-state index contributed by atoms with van der Waals surface area (Å²) in [6, 6.07) is 16.7. The summed E-state index contributed by atoms with van der Waals surface area (Å²) in [7, 11) is -2.80. The van der Waals surface area contributed by atoms with E-state index in [2.05, 4.69) is 21.2 Å². The van der Waals surface area contributed by atoms with Gasteiger partial charge in [-0.2, -0.15) is 0 Å². The highest BCUT2D eigenvalue weighted by Gasteiger charge is 2.32. The van der Waals surface area contributed by atoms with Gasteiger partial charge in [-0.25, -0.2) is 12.8 Å². The number of methoxy groups -OCH3 is 1. The molecule has 3 rings (SSSR count). The molecule has 208 valence electrons. The first-order chi connectivity index (χ1) is 18.4. The highest BCUT2D eigenvalue weighted by Crippen LogP contribution is 2.26. The molecule has 0 radical (unpaired) electrons. The molecule has 0 unspecified atom stereocenters. The molecule has 0 aliphatic heterocycles. The fourth-order valence-electron chi connectivity index (χ4n) is 3.79. The van der Waals surface area contributed by atoms with Crippen molar-refractivity contribution >= 4 is 43.5 Å². The van der Waals surface area contributed by atoms with Crippen molar-refractivity contribution in [1.82, 2.24) is 10.2 Å². The van der Waals surface area contributed by atoms with Crippen molar-refractivity contribution in [2.75, 3.05) is 18.0 Å². The van der Waals surface area contributed by atoms with Gasteiger partial charge in [-0.1, -0.05) is 28.1 Å². The molecule has 2 amide bonds. The van der Waals surface area contributed by atoms with Gasteiger partial charge in [0.2, 0.25) is 11.8 Å². The van der Waals surface area contributed by atoms with Gasteiger partial charge < -0.3 is 15.0 Å². The minimum atomic E-state index is -4.26. The van der Waals surface area contributed by atoms with E-state index >= 15 is 0 Å². The van der Waals surface area contributed by atoms with Gasteiger partial charge in [0.25, 0.3) is 10.0 Å². The second-order valence-electron chi connectivity index (χ2n) is 9.15. The first kappa shape index (κ1) is 30.1. The first-order valence-electron chi connectivity index (χ1n) is 12.2.